The quantitative estimate of drug-likeness (QED) is 0.542. The fraction of sp³-hybridized carbons (Fsp3) is 0.227. The number of hydrogen-bond donors (Lipinski definition) is 1. The number of hydrogen-bond acceptors (Lipinski definition) is 5. The summed E-state index contributed by atoms with van der Waals surface area (Å²) in [5.41, 5.74) is 9.91. The number of rotatable bonds is 5. The average molecular weight is 448 g/mol. The van der Waals surface area contributed by atoms with Gasteiger partial charge in [0.25, 0.3) is 0 Å². The van der Waals surface area contributed by atoms with Gasteiger partial charge >= 0.3 is 0 Å². The maximum Gasteiger partial charge on any atom is 0.131 e. The van der Waals surface area contributed by atoms with Crippen LogP contribution in [0, 0.1) is 5.82 Å². The van der Waals surface area contributed by atoms with Crippen molar-refractivity contribution in [3.8, 4) is 11.5 Å². The molecule has 1 unspecified atom stereocenters. The summed E-state index contributed by atoms with van der Waals surface area (Å²) in [5.74, 6) is 1.02. The van der Waals surface area contributed by atoms with Crippen molar-refractivity contribution in [1.29, 1.82) is 0 Å². The summed E-state index contributed by atoms with van der Waals surface area (Å²) in [6, 6.07) is 11.2. The Labute approximate surface area is 184 Å². The van der Waals surface area contributed by atoms with Crippen molar-refractivity contribution < 1.29 is 13.9 Å². The molecular weight excluding hydrogens is 428 g/mol. The van der Waals surface area contributed by atoms with Crippen molar-refractivity contribution in [3.05, 3.63) is 80.8 Å². The first kappa shape index (κ1) is 20.7. The molecule has 4 rings (SSSR count). The fourth-order valence-electron chi connectivity index (χ4n) is 3.92. The van der Waals surface area contributed by atoms with Crippen LogP contribution in [0.25, 0.3) is 0 Å². The molecule has 8 heteroatoms. The third kappa shape index (κ3) is 3.78. The van der Waals surface area contributed by atoms with Gasteiger partial charge in [-0.1, -0.05) is 29.3 Å². The Morgan fingerprint density at radius 1 is 1.13 bits per heavy atom. The number of methoxy groups -OCH3 is 2. The van der Waals surface area contributed by atoms with Gasteiger partial charge in [-0.15, -0.1) is 0 Å². The summed E-state index contributed by atoms with van der Waals surface area (Å²) >= 11 is 12.6. The van der Waals surface area contributed by atoms with Crippen LogP contribution in [-0.4, -0.2) is 24.1 Å². The summed E-state index contributed by atoms with van der Waals surface area (Å²) in [6.07, 6.45) is 0. The molecule has 0 aliphatic carbocycles. The van der Waals surface area contributed by atoms with Gasteiger partial charge < -0.3 is 15.2 Å². The van der Waals surface area contributed by atoms with Crippen LogP contribution in [0.5, 0.6) is 11.5 Å². The van der Waals surface area contributed by atoms with E-state index >= 15 is 0 Å². The number of halogens is 3. The highest BCUT2D eigenvalue weighted by Gasteiger charge is 2.36. The summed E-state index contributed by atoms with van der Waals surface area (Å²) in [7, 11) is 3.21. The molecule has 2 N–H and O–H groups in total. The number of aromatic nitrogens is 1. The molecule has 0 saturated heterocycles. The Kier molecular flexibility index (Phi) is 5.73. The molecule has 5 nitrogen and oxygen atoms in total. The third-order valence-electron chi connectivity index (χ3n) is 5.25. The second kappa shape index (κ2) is 8.30. The van der Waals surface area contributed by atoms with Gasteiger partial charge in [0.05, 0.1) is 26.0 Å². The molecule has 0 amide bonds. The highest BCUT2D eigenvalue weighted by molar-refractivity contribution is 6.31. The van der Waals surface area contributed by atoms with E-state index in [1.165, 1.54) is 12.1 Å². The standard InChI is InChI=1S/C22H20Cl2FN3O2/c1-29-14-5-3-12(19(8-14)30-2)10-28-11-18-21(17(26)9-20(24)27-18)22(28)15-7-13(25)4-6-16(15)23/h3-9,22H,10-11H2,1-2H3,(H2,26,27). The van der Waals surface area contributed by atoms with Gasteiger partial charge in [-0.25, -0.2) is 9.37 Å². The van der Waals surface area contributed by atoms with E-state index in [0.717, 1.165) is 16.8 Å². The molecule has 1 atom stereocenters. The molecule has 3 aromatic rings. The van der Waals surface area contributed by atoms with Crippen molar-refractivity contribution in [3.63, 3.8) is 0 Å². The number of nitrogens with two attached hydrogens (primary N) is 1. The SMILES string of the molecule is COc1ccc(CN2Cc3nc(Cl)cc(N)c3C2c2cc(F)ccc2Cl)c(OC)c1. The second-order valence-corrected chi connectivity index (χ2v) is 7.84. The second-order valence-electron chi connectivity index (χ2n) is 7.05. The van der Waals surface area contributed by atoms with Gasteiger partial charge in [0, 0.05) is 41.0 Å². The highest BCUT2D eigenvalue weighted by atomic mass is 35.5. The van der Waals surface area contributed by atoms with E-state index in [2.05, 4.69) is 9.88 Å². The molecule has 2 aromatic carbocycles. The zero-order valence-corrected chi connectivity index (χ0v) is 18.0. The largest absolute Gasteiger partial charge is 0.497 e. The first-order valence-corrected chi connectivity index (χ1v) is 10.0. The van der Waals surface area contributed by atoms with Gasteiger partial charge in [-0.3, -0.25) is 4.90 Å². The molecule has 1 aliphatic rings. The van der Waals surface area contributed by atoms with Gasteiger partial charge in [-0.05, 0) is 35.9 Å². The summed E-state index contributed by atoms with van der Waals surface area (Å²) in [5, 5.41) is 0.773. The molecule has 0 radical (unpaired) electrons. The Balaban J connectivity index is 1.81. The molecule has 0 saturated carbocycles. The highest BCUT2D eigenvalue weighted by Crippen LogP contribution is 2.45. The average Bonchev–Trinajstić information content (AvgIpc) is 3.07. The van der Waals surface area contributed by atoms with Crippen LogP contribution in [0.3, 0.4) is 0 Å². The van der Waals surface area contributed by atoms with E-state index < -0.39 is 0 Å². The Hall–Kier alpha value is -2.54. The third-order valence-corrected chi connectivity index (χ3v) is 5.79. The molecule has 156 valence electrons. The lowest BCUT2D eigenvalue weighted by atomic mass is 9.98. The van der Waals surface area contributed by atoms with Crippen LogP contribution in [0.2, 0.25) is 10.2 Å². The number of ether oxygens (including phenoxy) is 2. The lowest BCUT2D eigenvalue weighted by Gasteiger charge is -2.27. The van der Waals surface area contributed by atoms with Crippen LogP contribution in [0.15, 0.2) is 42.5 Å². The predicted molar refractivity (Wildman–Crippen MR) is 116 cm³/mol. The lowest BCUT2D eigenvalue weighted by molar-refractivity contribution is 0.230. The normalized spacial score (nSPS) is 15.8. The van der Waals surface area contributed by atoms with E-state index in [1.54, 1.807) is 26.4 Å². The molecule has 2 heterocycles. The van der Waals surface area contributed by atoms with Gasteiger partial charge in [-0.2, -0.15) is 0 Å². The number of fused-ring (bicyclic) bond motifs is 1. The Morgan fingerprint density at radius 3 is 2.67 bits per heavy atom. The maximum absolute atomic E-state index is 14.1. The van der Waals surface area contributed by atoms with Crippen molar-refractivity contribution in [2.45, 2.75) is 19.1 Å². The first-order chi connectivity index (χ1) is 14.4. The zero-order chi connectivity index (χ0) is 21.4. The van der Waals surface area contributed by atoms with E-state index in [9.17, 15) is 4.39 Å². The molecule has 30 heavy (non-hydrogen) atoms. The number of anilines is 1. The van der Waals surface area contributed by atoms with Crippen molar-refractivity contribution in [2.75, 3.05) is 20.0 Å². The van der Waals surface area contributed by atoms with Gasteiger partial charge in [0.2, 0.25) is 0 Å². The first-order valence-electron chi connectivity index (χ1n) is 9.26. The monoisotopic (exact) mass is 447 g/mol. The van der Waals surface area contributed by atoms with Gasteiger partial charge in [0.15, 0.2) is 0 Å². The molecule has 0 spiro atoms. The topological polar surface area (TPSA) is 60.6 Å². The minimum atomic E-state index is -0.375. The zero-order valence-electron chi connectivity index (χ0n) is 16.5. The van der Waals surface area contributed by atoms with Gasteiger partial charge in [0.1, 0.15) is 22.5 Å². The molecular formula is C22H20Cl2FN3O2. The number of nitrogens with zero attached hydrogens (tertiary/aromatic N) is 2. The Bertz CT molecular complexity index is 1110. The van der Waals surface area contributed by atoms with Crippen LogP contribution in [0.1, 0.15) is 28.4 Å². The smallest absolute Gasteiger partial charge is 0.131 e. The maximum atomic E-state index is 14.1. The van der Waals surface area contributed by atoms with Crippen molar-refractivity contribution >= 4 is 28.9 Å². The van der Waals surface area contributed by atoms with E-state index in [0.29, 0.717) is 46.0 Å². The van der Waals surface area contributed by atoms with Crippen molar-refractivity contribution in [2.24, 2.45) is 0 Å². The fourth-order valence-corrected chi connectivity index (χ4v) is 4.36. The number of pyridine rings is 1. The Morgan fingerprint density at radius 2 is 1.93 bits per heavy atom. The summed E-state index contributed by atoms with van der Waals surface area (Å²) < 4.78 is 25.0. The van der Waals surface area contributed by atoms with Crippen LogP contribution in [-0.2, 0) is 13.1 Å². The predicted octanol–water partition coefficient (Wildman–Crippen LogP) is 5.23. The van der Waals surface area contributed by atoms with Crippen LogP contribution >= 0.6 is 23.2 Å². The molecule has 0 fully saturated rings. The minimum absolute atomic E-state index is 0.319. The number of benzene rings is 2. The molecule has 0 bridgehead atoms. The van der Waals surface area contributed by atoms with Crippen LogP contribution < -0.4 is 15.2 Å². The lowest BCUT2D eigenvalue weighted by Crippen LogP contribution is -2.23. The van der Waals surface area contributed by atoms with Crippen molar-refractivity contribution in [1.82, 2.24) is 9.88 Å². The molecule has 1 aliphatic heterocycles. The van der Waals surface area contributed by atoms with Crippen LogP contribution in [0.4, 0.5) is 10.1 Å². The minimum Gasteiger partial charge on any atom is -0.497 e. The summed E-state index contributed by atoms with van der Waals surface area (Å²) in [4.78, 5) is 6.58. The number of nitrogen functional groups attached to an aromatic ring is 1. The van der Waals surface area contributed by atoms with E-state index in [-0.39, 0.29) is 11.9 Å². The van der Waals surface area contributed by atoms with E-state index in [1.807, 2.05) is 18.2 Å². The van der Waals surface area contributed by atoms with E-state index in [4.69, 9.17) is 38.4 Å². The summed E-state index contributed by atoms with van der Waals surface area (Å²) in [6.45, 7) is 0.977. The molecule has 1 aromatic heterocycles.